The Bertz CT molecular complexity index is 571. The molecule has 0 spiro atoms. The lowest BCUT2D eigenvalue weighted by Crippen LogP contribution is -2.21. The number of nitrogens with one attached hydrogen (secondary N) is 1. The van der Waals surface area contributed by atoms with Gasteiger partial charge in [0.2, 0.25) is 0 Å². The van der Waals surface area contributed by atoms with Crippen LogP contribution in [-0.4, -0.2) is 6.54 Å². The summed E-state index contributed by atoms with van der Waals surface area (Å²) in [5.41, 5.74) is 1.11. The van der Waals surface area contributed by atoms with Crippen molar-refractivity contribution in [2.45, 2.75) is 32.7 Å². The van der Waals surface area contributed by atoms with Crippen LogP contribution in [-0.2, 0) is 0 Å². The molecule has 1 unspecified atom stereocenters. The summed E-state index contributed by atoms with van der Waals surface area (Å²) in [4.78, 5) is 0. The highest BCUT2D eigenvalue weighted by Crippen LogP contribution is 2.31. The van der Waals surface area contributed by atoms with Crippen molar-refractivity contribution in [2.24, 2.45) is 0 Å². The lowest BCUT2D eigenvalue weighted by atomic mass is 10.0. The van der Waals surface area contributed by atoms with Crippen LogP contribution < -0.4 is 10.1 Å². The van der Waals surface area contributed by atoms with Crippen LogP contribution >= 0.6 is 0 Å². The monoisotopic (exact) mass is 287 g/mol. The lowest BCUT2D eigenvalue weighted by molar-refractivity contribution is 0.446. The Morgan fingerprint density at radius 1 is 1.10 bits per heavy atom. The van der Waals surface area contributed by atoms with E-state index in [1.54, 1.807) is 12.1 Å². The lowest BCUT2D eigenvalue weighted by Gasteiger charge is -2.20. The number of hydrogen-bond acceptors (Lipinski definition) is 2. The molecule has 0 radical (unpaired) electrons. The first-order valence-corrected chi connectivity index (χ1v) is 7.50. The van der Waals surface area contributed by atoms with Crippen LogP contribution in [0.1, 0.15) is 38.3 Å². The number of benzene rings is 2. The molecule has 0 fully saturated rings. The normalized spacial score (nSPS) is 12.1. The number of halogens is 1. The Hall–Kier alpha value is -1.87. The fourth-order valence-electron chi connectivity index (χ4n) is 2.31. The number of hydrogen-bond donors (Lipinski definition) is 1. The van der Waals surface area contributed by atoms with Crippen LogP contribution in [0.2, 0.25) is 0 Å². The van der Waals surface area contributed by atoms with Crippen molar-refractivity contribution in [2.75, 3.05) is 6.54 Å². The maximum absolute atomic E-state index is 13.3. The molecule has 21 heavy (non-hydrogen) atoms. The van der Waals surface area contributed by atoms with Crippen molar-refractivity contribution >= 4 is 0 Å². The van der Waals surface area contributed by atoms with Gasteiger partial charge in [0, 0.05) is 17.7 Å². The molecule has 0 bridgehead atoms. The van der Waals surface area contributed by atoms with Crippen molar-refractivity contribution in [3.63, 3.8) is 0 Å². The van der Waals surface area contributed by atoms with Gasteiger partial charge in [-0.2, -0.15) is 0 Å². The Morgan fingerprint density at radius 2 is 1.90 bits per heavy atom. The van der Waals surface area contributed by atoms with Gasteiger partial charge in [-0.05, 0) is 37.6 Å². The minimum atomic E-state index is -0.291. The first kappa shape index (κ1) is 15.5. The summed E-state index contributed by atoms with van der Waals surface area (Å²) in [5.74, 6) is 1.01. The van der Waals surface area contributed by atoms with E-state index in [9.17, 15) is 4.39 Å². The smallest absolute Gasteiger partial charge is 0.132 e. The summed E-state index contributed by atoms with van der Waals surface area (Å²) in [7, 11) is 0. The maximum atomic E-state index is 13.3. The third-order valence-corrected chi connectivity index (χ3v) is 3.37. The average Bonchev–Trinajstić information content (AvgIpc) is 2.49. The SMILES string of the molecule is CCCNC(CC)c1ccccc1Oc1cccc(F)c1. The van der Waals surface area contributed by atoms with E-state index in [1.807, 2.05) is 18.2 Å². The van der Waals surface area contributed by atoms with Crippen molar-refractivity contribution in [3.05, 3.63) is 59.9 Å². The molecular weight excluding hydrogens is 265 g/mol. The van der Waals surface area contributed by atoms with E-state index in [0.29, 0.717) is 5.75 Å². The van der Waals surface area contributed by atoms with E-state index in [1.165, 1.54) is 12.1 Å². The third kappa shape index (κ3) is 4.30. The Balaban J connectivity index is 2.23. The summed E-state index contributed by atoms with van der Waals surface area (Å²) in [5, 5.41) is 3.52. The molecule has 0 saturated heterocycles. The van der Waals surface area contributed by atoms with Crippen LogP contribution in [0.3, 0.4) is 0 Å². The standard InChI is InChI=1S/C18H22FNO/c1-3-12-20-17(4-2)16-10-5-6-11-18(16)21-15-9-7-8-14(19)13-15/h5-11,13,17,20H,3-4,12H2,1-2H3. The molecule has 1 N–H and O–H groups in total. The maximum Gasteiger partial charge on any atom is 0.132 e. The topological polar surface area (TPSA) is 21.3 Å². The second kappa shape index (κ2) is 7.79. The van der Waals surface area contributed by atoms with Crippen LogP contribution in [0.4, 0.5) is 4.39 Å². The second-order valence-electron chi connectivity index (χ2n) is 5.01. The van der Waals surface area contributed by atoms with Gasteiger partial charge in [0.05, 0.1) is 0 Å². The van der Waals surface area contributed by atoms with Gasteiger partial charge < -0.3 is 10.1 Å². The van der Waals surface area contributed by atoms with Crippen molar-refractivity contribution in [3.8, 4) is 11.5 Å². The fourth-order valence-corrected chi connectivity index (χ4v) is 2.31. The van der Waals surface area contributed by atoms with E-state index in [2.05, 4.69) is 25.2 Å². The zero-order valence-electron chi connectivity index (χ0n) is 12.6. The number of ether oxygens (including phenoxy) is 1. The second-order valence-corrected chi connectivity index (χ2v) is 5.01. The molecule has 0 aliphatic carbocycles. The Kier molecular flexibility index (Phi) is 5.76. The van der Waals surface area contributed by atoms with Gasteiger partial charge in [-0.25, -0.2) is 4.39 Å². The molecule has 112 valence electrons. The van der Waals surface area contributed by atoms with Gasteiger partial charge in [-0.15, -0.1) is 0 Å². The summed E-state index contributed by atoms with van der Waals surface area (Å²) in [6.45, 7) is 5.26. The zero-order valence-corrected chi connectivity index (χ0v) is 12.6. The molecule has 2 nitrogen and oxygen atoms in total. The van der Waals surface area contributed by atoms with E-state index in [0.717, 1.165) is 30.7 Å². The predicted molar refractivity (Wildman–Crippen MR) is 84.2 cm³/mol. The first-order valence-electron chi connectivity index (χ1n) is 7.50. The van der Waals surface area contributed by atoms with E-state index < -0.39 is 0 Å². The molecule has 2 rings (SSSR count). The molecule has 1 atom stereocenters. The molecule has 0 aliphatic rings. The van der Waals surface area contributed by atoms with E-state index >= 15 is 0 Å². The summed E-state index contributed by atoms with van der Waals surface area (Å²) in [6.07, 6.45) is 2.06. The van der Waals surface area contributed by atoms with Crippen LogP contribution in [0, 0.1) is 5.82 Å². The van der Waals surface area contributed by atoms with Gasteiger partial charge in [0.1, 0.15) is 17.3 Å². The third-order valence-electron chi connectivity index (χ3n) is 3.37. The molecule has 2 aromatic rings. The van der Waals surface area contributed by atoms with Crippen molar-refractivity contribution in [1.29, 1.82) is 0 Å². The number of para-hydroxylation sites is 1. The van der Waals surface area contributed by atoms with Gasteiger partial charge in [0.25, 0.3) is 0 Å². The van der Waals surface area contributed by atoms with Crippen LogP contribution in [0.15, 0.2) is 48.5 Å². The molecular formula is C18H22FNO. The zero-order chi connectivity index (χ0) is 15.1. The molecule has 0 aliphatic heterocycles. The first-order chi connectivity index (χ1) is 10.2. The Labute approximate surface area is 126 Å². The molecule has 2 aromatic carbocycles. The molecule has 0 aromatic heterocycles. The minimum Gasteiger partial charge on any atom is -0.457 e. The van der Waals surface area contributed by atoms with E-state index in [4.69, 9.17) is 4.74 Å². The highest BCUT2D eigenvalue weighted by molar-refractivity contribution is 5.39. The van der Waals surface area contributed by atoms with E-state index in [-0.39, 0.29) is 11.9 Å². The molecule has 3 heteroatoms. The largest absolute Gasteiger partial charge is 0.457 e. The summed E-state index contributed by atoms with van der Waals surface area (Å²) >= 11 is 0. The van der Waals surface area contributed by atoms with Gasteiger partial charge >= 0.3 is 0 Å². The summed E-state index contributed by atoms with van der Waals surface area (Å²) in [6, 6.07) is 14.4. The Morgan fingerprint density at radius 3 is 2.62 bits per heavy atom. The quantitative estimate of drug-likeness (QED) is 0.767. The fraction of sp³-hybridized carbons (Fsp3) is 0.333. The van der Waals surface area contributed by atoms with Gasteiger partial charge in [0.15, 0.2) is 0 Å². The average molecular weight is 287 g/mol. The van der Waals surface area contributed by atoms with Crippen molar-refractivity contribution in [1.82, 2.24) is 5.32 Å². The highest BCUT2D eigenvalue weighted by atomic mass is 19.1. The van der Waals surface area contributed by atoms with Gasteiger partial charge in [-0.1, -0.05) is 38.1 Å². The van der Waals surface area contributed by atoms with Crippen LogP contribution in [0.5, 0.6) is 11.5 Å². The minimum absolute atomic E-state index is 0.245. The number of rotatable bonds is 7. The van der Waals surface area contributed by atoms with Crippen LogP contribution in [0.25, 0.3) is 0 Å². The van der Waals surface area contributed by atoms with Crippen molar-refractivity contribution < 1.29 is 9.13 Å². The molecule has 0 saturated carbocycles. The molecule has 0 amide bonds. The van der Waals surface area contributed by atoms with Gasteiger partial charge in [-0.3, -0.25) is 0 Å². The highest BCUT2D eigenvalue weighted by Gasteiger charge is 2.14. The molecule has 0 heterocycles. The predicted octanol–water partition coefficient (Wildman–Crippen LogP) is 5.07. The summed E-state index contributed by atoms with van der Waals surface area (Å²) < 4.78 is 19.1.